The van der Waals surface area contributed by atoms with Crippen LogP contribution in [0.5, 0.6) is 0 Å². The van der Waals surface area contributed by atoms with Gasteiger partial charge in [-0.15, -0.1) is 0 Å². The molecule has 54 valence electrons. The maximum absolute atomic E-state index is 3.75. The lowest BCUT2D eigenvalue weighted by Crippen LogP contribution is -2.04. The van der Waals surface area contributed by atoms with Crippen LogP contribution in [0.2, 0.25) is 0 Å². The lowest BCUT2D eigenvalue weighted by Gasteiger charge is -1.94. The molecule has 10 heavy (non-hydrogen) atoms. The van der Waals surface area contributed by atoms with Crippen LogP contribution < -0.4 is 5.32 Å². The fraction of sp³-hybridized carbons (Fsp3) is 0.333. The SMILES string of the molecule is C=CC1=C(C)NC/C1=C\C. The molecule has 0 unspecified atom stereocenters. The summed E-state index contributed by atoms with van der Waals surface area (Å²) in [7, 11) is 0. The fourth-order valence-electron chi connectivity index (χ4n) is 1.20. The molecule has 0 saturated carbocycles. The topological polar surface area (TPSA) is 12.0 Å². The Hall–Kier alpha value is -0.980. The lowest BCUT2D eigenvalue weighted by atomic mass is 10.1. The zero-order valence-electron chi connectivity index (χ0n) is 6.57. The van der Waals surface area contributed by atoms with Crippen molar-refractivity contribution >= 4 is 0 Å². The number of hydrogen-bond donors (Lipinski definition) is 1. The highest BCUT2D eigenvalue weighted by Gasteiger charge is 2.10. The molecule has 1 rings (SSSR count). The van der Waals surface area contributed by atoms with Crippen LogP contribution in [-0.4, -0.2) is 6.54 Å². The number of hydrogen-bond acceptors (Lipinski definition) is 1. The molecule has 0 aromatic carbocycles. The molecule has 0 aliphatic carbocycles. The van der Waals surface area contributed by atoms with Gasteiger partial charge in [0.2, 0.25) is 0 Å². The minimum atomic E-state index is 0.962. The van der Waals surface area contributed by atoms with Crippen molar-refractivity contribution in [2.24, 2.45) is 0 Å². The number of allylic oxidation sites excluding steroid dienone is 3. The highest BCUT2D eigenvalue weighted by molar-refractivity contribution is 5.46. The molecule has 1 N–H and O–H groups in total. The zero-order valence-corrected chi connectivity index (χ0v) is 6.57. The van der Waals surface area contributed by atoms with Gasteiger partial charge in [0.1, 0.15) is 0 Å². The molecule has 0 amide bonds. The van der Waals surface area contributed by atoms with Gasteiger partial charge in [-0.2, -0.15) is 0 Å². The Morgan fingerprint density at radius 2 is 2.30 bits per heavy atom. The Kier molecular flexibility index (Phi) is 1.95. The summed E-state index contributed by atoms with van der Waals surface area (Å²) in [5, 5.41) is 3.26. The first-order chi connectivity index (χ1) is 4.79. The minimum Gasteiger partial charge on any atom is -0.384 e. The predicted molar refractivity (Wildman–Crippen MR) is 44.7 cm³/mol. The quantitative estimate of drug-likeness (QED) is 0.580. The van der Waals surface area contributed by atoms with E-state index in [1.165, 1.54) is 16.8 Å². The van der Waals surface area contributed by atoms with E-state index in [4.69, 9.17) is 0 Å². The molecule has 0 spiro atoms. The normalized spacial score (nSPS) is 21.6. The van der Waals surface area contributed by atoms with Crippen LogP contribution in [0, 0.1) is 0 Å². The summed E-state index contributed by atoms with van der Waals surface area (Å²) in [5.41, 5.74) is 3.86. The predicted octanol–water partition coefficient (Wildman–Crippen LogP) is 2.00. The molecule has 0 radical (unpaired) electrons. The van der Waals surface area contributed by atoms with Gasteiger partial charge in [-0.05, 0) is 25.0 Å². The molecular weight excluding hydrogens is 122 g/mol. The second-order valence-corrected chi connectivity index (χ2v) is 2.41. The monoisotopic (exact) mass is 135 g/mol. The molecule has 1 aliphatic heterocycles. The highest BCUT2D eigenvalue weighted by atomic mass is 14.9. The zero-order chi connectivity index (χ0) is 7.56. The summed E-state index contributed by atoms with van der Waals surface area (Å²) in [4.78, 5) is 0. The van der Waals surface area contributed by atoms with E-state index in [0.29, 0.717) is 0 Å². The van der Waals surface area contributed by atoms with Gasteiger partial charge in [-0.3, -0.25) is 0 Å². The van der Waals surface area contributed by atoms with Crippen molar-refractivity contribution in [2.75, 3.05) is 6.54 Å². The average Bonchev–Trinajstić information content (AvgIpc) is 2.30. The largest absolute Gasteiger partial charge is 0.384 e. The Morgan fingerprint density at radius 1 is 1.60 bits per heavy atom. The maximum atomic E-state index is 3.75. The van der Waals surface area contributed by atoms with Crippen LogP contribution >= 0.6 is 0 Å². The molecule has 0 aromatic rings. The van der Waals surface area contributed by atoms with Crippen molar-refractivity contribution < 1.29 is 0 Å². The Labute approximate surface area is 62.1 Å². The van der Waals surface area contributed by atoms with E-state index in [2.05, 4.69) is 31.8 Å². The van der Waals surface area contributed by atoms with Crippen LogP contribution in [0.25, 0.3) is 0 Å². The van der Waals surface area contributed by atoms with Crippen LogP contribution in [-0.2, 0) is 0 Å². The number of rotatable bonds is 1. The second-order valence-electron chi connectivity index (χ2n) is 2.41. The molecule has 0 aromatic heterocycles. The Bertz CT molecular complexity index is 209. The molecular formula is C9H13N. The van der Waals surface area contributed by atoms with Gasteiger partial charge in [-0.25, -0.2) is 0 Å². The van der Waals surface area contributed by atoms with E-state index in [0.717, 1.165) is 6.54 Å². The highest BCUT2D eigenvalue weighted by Crippen LogP contribution is 2.19. The van der Waals surface area contributed by atoms with E-state index in [1.54, 1.807) is 0 Å². The van der Waals surface area contributed by atoms with E-state index in [-0.39, 0.29) is 0 Å². The first kappa shape index (κ1) is 7.13. The second kappa shape index (κ2) is 2.74. The lowest BCUT2D eigenvalue weighted by molar-refractivity contribution is 0.935. The van der Waals surface area contributed by atoms with Gasteiger partial charge in [0.15, 0.2) is 0 Å². The molecule has 0 saturated heterocycles. The smallest absolute Gasteiger partial charge is 0.0401 e. The first-order valence-corrected chi connectivity index (χ1v) is 3.52. The molecule has 1 nitrogen and oxygen atoms in total. The van der Waals surface area contributed by atoms with E-state index in [1.807, 2.05) is 6.08 Å². The van der Waals surface area contributed by atoms with Crippen LogP contribution in [0.1, 0.15) is 13.8 Å². The van der Waals surface area contributed by atoms with Crippen molar-refractivity contribution in [3.63, 3.8) is 0 Å². The van der Waals surface area contributed by atoms with Crippen LogP contribution in [0.4, 0.5) is 0 Å². The third kappa shape index (κ3) is 0.991. The summed E-state index contributed by atoms with van der Waals surface area (Å²) in [6.07, 6.45) is 4.03. The van der Waals surface area contributed by atoms with Crippen LogP contribution in [0.15, 0.2) is 35.6 Å². The molecule has 1 aliphatic rings. The standard InChI is InChI=1S/C9H13N/c1-4-8-6-10-7(3)9(8)5-2/h4-5,10H,2,6H2,1,3H3/b8-4+. The fourth-order valence-corrected chi connectivity index (χ4v) is 1.20. The Morgan fingerprint density at radius 3 is 2.70 bits per heavy atom. The summed E-state index contributed by atoms with van der Waals surface area (Å²) in [6.45, 7) is 8.85. The van der Waals surface area contributed by atoms with Gasteiger partial charge >= 0.3 is 0 Å². The van der Waals surface area contributed by atoms with Crippen molar-refractivity contribution in [1.29, 1.82) is 0 Å². The minimum absolute atomic E-state index is 0.962. The van der Waals surface area contributed by atoms with Crippen molar-refractivity contribution in [2.45, 2.75) is 13.8 Å². The Balaban J connectivity index is 2.97. The summed E-state index contributed by atoms with van der Waals surface area (Å²) in [5.74, 6) is 0. The first-order valence-electron chi connectivity index (χ1n) is 3.52. The van der Waals surface area contributed by atoms with E-state index < -0.39 is 0 Å². The van der Waals surface area contributed by atoms with Gasteiger partial charge in [0.05, 0.1) is 0 Å². The summed E-state index contributed by atoms with van der Waals surface area (Å²) < 4.78 is 0. The van der Waals surface area contributed by atoms with Crippen molar-refractivity contribution in [3.05, 3.63) is 35.6 Å². The van der Waals surface area contributed by atoms with Crippen LogP contribution in [0.3, 0.4) is 0 Å². The van der Waals surface area contributed by atoms with Gasteiger partial charge in [-0.1, -0.05) is 18.7 Å². The third-order valence-corrected chi connectivity index (χ3v) is 1.85. The summed E-state index contributed by atoms with van der Waals surface area (Å²) in [6, 6.07) is 0. The van der Waals surface area contributed by atoms with Crippen molar-refractivity contribution in [3.8, 4) is 0 Å². The molecule has 0 fully saturated rings. The van der Waals surface area contributed by atoms with Gasteiger partial charge in [0, 0.05) is 12.2 Å². The van der Waals surface area contributed by atoms with E-state index >= 15 is 0 Å². The molecule has 0 atom stereocenters. The number of nitrogens with one attached hydrogen (secondary N) is 1. The summed E-state index contributed by atoms with van der Waals surface area (Å²) >= 11 is 0. The van der Waals surface area contributed by atoms with Gasteiger partial charge < -0.3 is 5.32 Å². The third-order valence-electron chi connectivity index (χ3n) is 1.85. The average molecular weight is 135 g/mol. The molecule has 1 heterocycles. The maximum Gasteiger partial charge on any atom is 0.0401 e. The van der Waals surface area contributed by atoms with Gasteiger partial charge in [0.25, 0.3) is 0 Å². The van der Waals surface area contributed by atoms with E-state index in [9.17, 15) is 0 Å². The van der Waals surface area contributed by atoms with Crippen molar-refractivity contribution in [1.82, 2.24) is 5.32 Å². The molecule has 0 bridgehead atoms. The molecule has 1 heteroatoms.